The number of aromatic nitrogens is 1. The molecule has 0 spiro atoms. The van der Waals surface area contributed by atoms with Crippen LogP contribution in [0.3, 0.4) is 0 Å². The Labute approximate surface area is 114 Å². The van der Waals surface area contributed by atoms with Gasteiger partial charge in [0.25, 0.3) is 0 Å². The Bertz CT molecular complexity index is 534. The zero-order valence-corrected chi connectivity index (χ0v) is 12.6. The lowest BCUT2D eigenvalue weighted by Gasteiger charge is -2.09. The van der Waals surface area contributed by atoms with E-state index in [1.807, 2.05) is 6.92 Å². The first-order valence-electron chi connectivity index (χ1n) is 5.50. The SMILES string of the molecule is Cc1nc(C)c(CNc2cccc(C)c2Br)s1. The van der Waals surface area contributed by atoms with Crippen molar-refractivity contribution in [1.82, 2.24) is 4.98 Å². The quantitative estimate of drug-likeness (QED) is 0.906. The number of anilines is 1. The highest BCUT2D eigenvalue weighted by molar-refractivity contribution is 9.10. The molecule has 0 aliphatic carbocycles. The molecule has 0 atom stereocenters. The molecule has 0 radical (unpaired) electrons. The summed E-state index contributed by atoms with van der Waals surface area (Å²) in [5.74, 6) is 0. The Morgan fingerprint density at radius 1 is 1.29 bits per heavy atom. The van der Waals surface area contributed by atoms with Crippen molar-refractivity contribution >= 4 is 33.0 Å². The zero-order valence-electron chi connectivity index (χ0n) is 10.2. The van der Waals surface area contributed by atoms with Gasteiger partial charge in [0.15, 0.2) is 0 Å². The van der Waals surface area contributed by atoms with Crippen LogP contribution in [0.4, 0.5) is 5.69 Å². The molecule has 0 saturated heterocycles. The van der Waals surface area contributed by atoms with E-state index in [4.69, 9.17) is 0 Å². The van der Waals surface area contributed by atoms with E-state index in [1.54, 1.807) is 11.3 Å². The van der Waals surface area contributed by atoms with Crippen molar-refractivity contribution in [3.63, 3.8) is 0 Å². The van der Waals surface area contributed by atoms with E-state index in [-0.39, 0.29) is 0 Å². The highest BCUT2D eigenvalue weighted by atomic mass is 79.9. The van der Waals surface area contributed by atoms with Gasteiger partial charge in [-0.15, -0.1) is 11.3 Å². The average molecular weight is 311 g/mol. The molecule has 0 fully saturated rings. The standard InChI is InChI=1S/C13H15BrN2S/c1-8-5-4-6-11(13(8)14)15-7-12-9(2)16-10(3)17-12/h4-6,15H,7H2,1-3H3. The number of rotatable bonds is 3. The summed E-state index contributed by atoms with van der Waals surface area (Å²) in [6.45, 7) is 7.03. The minimum atomic E-state index is 0.833. The summed E-state index contributed by atoms with van der Waals surface area (Å²) < 4.78 is 1.14. The van der Waals surface area contributed by atoms with Crippen molar-refractivity contribution < 1.29 is 0 Å². The molecule has 17 heavy (non-hydrogen) atoms. The largest absolute Gasteiger partial charge is 0.379 e. The van der Waals surface area contributed by atoms with Crippen molar-refractivity contribution in [2.75, 3.05) is 5.32 Å². The molecule has 0 bridgehead atoms. The molecule has 0 aliphatic heterocycles. The lowest BCUT2D eigenvalue weighted by molar-refractivity contribution is 1.10. The van der Waals surface area contributed by atoms with Crippen LogP contribution in [-0.4, -0.2) is 4.98 Å². The van der Waals surface area contributed by atoms with E-state index in [1.165, 1.54) is 10.4 Å². The van der Waals surface area contributed by atoms with Gasteiger partial charge in [-0.25, -0.2) is 4.98 Å². The topological polar surface area (TPSA) is 24.9 Å². The van der Waals surface area contributed by atoms with Gasteiger partial charge < -0.3 is 5.32 Å². The summed E-state index contributed by atoms with van der Waals surface area (Å²) in [5.41, 5.74) is 3.51. The van der Waals surface area contributed by atoms with Crippen LogP contribution in [0.2, 0.25) is 0 Å². The number of nitrogens with zero attached hydrogens (tertiary/aromatic N) is 1. The van der Waals surface area contributed by atoms with Gasteiger partial charge in [-0.05, 0) is 48.3 Å². The second kappa shape index (κ2) is 5.19. The van der Waals surface area contributed by atoms with Crippen molar-refractivity contribution in [2.45, 2.75) is 27.3 Å². The monoisotopic (exact) mass is 310 g/mol. The number of hydrogen-bond donors (Lipinski definition) is 1. The lowest BCUT2D eigenvalue weighted by Crippen LogP contribution is -2.00. The van der Waals surface area contributed by atoms with Gasteiger partial charge in [-0.3, -0.25) is 0 Å². The number of halogens is 1. The average Bonchev–Trinajstić information content (AvgIpc) is 2.60. The molecule has 1 aromatic heterocycles. The van der Waals surface area contributed by atoms with E-state index in [2.05, 4.69) is 58.3 Å². The van der Waals surface area contributed by atoms with Crippen LogP contribution in [-0.2, 0) is 6.54 Å². The van der Waals surface area contributed by atoms with Crippen molar-refractivity contribution in [3.05, 3.63) is 43.8 Å². The number of benzene rings is 1. The summed E-state index contributed by atoms with van der Waals surface area (Å²) in [7, 11) is 0. The van der Waals surface area contributed by atoms with Gasteiger partial charge in [0.05, 0.1) is 17.2 Å². The maximum atomic E-state index is 4.43. The number of hydrogen-bond acceptors (Lipinski definition) is 3. The normalized spacial score (nSPS) is 10.6. The molecule has 1 N–H and O–H groups in total. The third kappa shape index (κ3) is 2.87. The van der Waals surface area contributed by atoms with Gasteiger partial charge in [0.1, 0.15) is 0 Å². The van der Waals surface area contributed by atoms with Gasteiger partial charge in [0.2, 0.25) is 0 Å². The first kappa shape index (κ1) is 12.6. The second-order valence-electron chi connectivity index (χ2n) is 4.03. The Kier molecular flexibility index (Phi) is 3.84. The Morgan fingerprint density at radius 3 is 2.71 bits per heavy atom. The molecule has 0 aliphatic rings. The van der Waals surface area contributed by atoms with Crippen LogP contribution in [0.15, 0.2) is 22.7 Å². The molecule has 4 heteroatoms. The maximum absolute atomic E-state index is 4.43. The predicted molar refractivity (Wildman–Crippen MR) is 77.8 cm³/mol. The van der Waals surface area contributed by atoms with E-state index < -0.39 is 0 Å². The van der Waals surface area contributed by atoms with Crippen LogP contribution >= 0.6 is 27.3 Å². The summed E-state index contributed by atoms with van der Waals surface area (Å²) in [6, 6.07) is 6.24. The highest BCUT2D eigenvalue weighted by Gasteiger charge is 2.06. The molecule has 1 aromatic carbocycles. The van der Waals surface area contributed by atoms with Crippen molar-refractivity contribution in [3.8, 4) is 0 Å². The molecule has 0 unspecified atom stereocenters. The molecular weight excluding hydrogens is 296 g/mol. The molecule has 1 heterocycles. The third-order valence-corrected chi connectivity index (χ3v) is 4.76. The lowest BCUT2D eigenvalue weighted by atomic mass is 10.2. The molecule has 2 aromatic rings. The first-order valence-corrected chi connectivity index (χ1v) is 7.11. The smallest absolute Gasteiger partial charge is 0.0900 e. The molecule has 2 rings (SSSR count). The van der Waals surface area contributed by atoms with Gasteiger partial charge in [-0.2, -0.15) is 0 Å². The van der Waals surface area contributed by atoms with Gasteiger partial charge in [0, 0.05) is 15.0 Å². The third-order valence-electron chi connectivity index (χ3n) is 2.63. The van der Waals surface area contributed by atoms with E-state index in [9.17, 15) is 0 Å². The van der Waals surface area contributed by atoms with E-state index >= 15 is 0 Å². The molecule has 90 valence electrons. The summed E-state index contributed by atoms with van der Waals surface area (Å²) >= 11 is 5.36. The summed E-state index contributed by atoms with van der Waals surface area (Å²) in [4.78, 5) is 5.73. The van der Waals surface area contributed by atoms with Crippen LogP contribution in [0, 0.1) is 20.8 Å². The van der Waals surface area contributed by atoms with Gasteiger partial charge in [-0.1, -0.05) is 12.1 Å². The first-order chi connectivity index (χ1) is 8.08. The zero-order chi connectivity index (χ0) is 12.4. The molecular formula is C13H15BrN2S. The van der Waals surface area contributed by atoms with E-state index in [0.29, 0.717) is 0 Å². The van der Waals surface area contributed by atoms with Gasteiger partial charge >= 0.3 is 0 Å². The summed E-state index contributed by atoms with van der Waals surface area (Å²) in [6.07, 6.45) is 0. The molecule has 0 saturated carbocycles. The fourth-order valence-corrected chi connectivity index (χ4v) is 2.98. The highest BCUT2D eigenvalue weighted by Crippen LogP contribution is 2.27. The van der Waals surface area contributed by atoms with Crippen LogP contribution in [0.25, 0.3) is 0 Å². The fraction of sp³-hybridized carbons (Fsp3) is 0.308. The summed E-state index contributed by atoms with van der Waals surface area (Å²) in [5, 5.41) is 4.58. The predicted octanol–water partition coefficient (Wildman–Crippen LogP) is 4.44. The minimum absolute atomic E-state index is 0.833. The minimum Gasteiger partial charge on any atom is -0.379 e. The maximum Gasteiger partial charge on any atom is 0.0900 e. The molecule has 2 nitrogen and oxygen atoms in total. The number of thiazole rings is 1. The second-order valence-corrected chi connectivity index (χ2v) is 6.11. The Morgan fingerprint density at radius 2 is 2.06 bits per heavy atom. The van der Waals surface area contributed by atoms with Crippen molar-refractivity contribution in [2.24, 2.45) is 0 Å². The molecule has 0 amide bonds. The van der Waals surface area contributed by atoms with Crippen LogP contribution < -0.4 is 5.32 Å². The Hall–Kier alpha value is -0.870. The fourth-order valence-electron chi connectivity index (χ4n) is 1.70. The van der Waals surface area contributed by atoms with Crippen molar-refractivity contribution in [1.29, 1.82) is 0 Å². The Balaban J connectivity index is 2.12. The van der Waals surface area contributed by atoms with E-state index in [0.717, 1.165) is 27.4 Å². The van der Waals surface area contributed by atoms with Crippen LogP contribution in [0.1, 0.15) is 21.1 Å². The number of nitrogens with one attached hydrogen (secondary N) is 1. The number of aryl methyl sites for hydroxylation is 3. The van der Waals surface area contributed by atoms with Crippen LogP contribution in [0.5, 0.6) is 0 Å².